The van der Waals surface area contributed by atoms with Gasteiger partial charge in [-0.15, -0.1) is 10.2 Å². The van der Waals surface area contributed by atoms with Crippen LogP contribution in [-0.2, 0) is 11.2 Å². The lowest BCUT2D eigenvalue weighted by atomic mass is 10.1. The van der Waals surface area contributed by atoms with Crippen LogP contribution in [0.5, 0.6) is 5.75 Å². The molecule has 0 aliphatic heterocycles. The maximum atomic E-state index is 12.5. The van der Waals surface area contributed by atoms with Crippen molar-refractivity contribution in [2.24, 2.45) is 0 Å². The van der Waals surface area contributed by atoms with Crippen molar-refractivity contribution in [2.45, 2.75) is 25.1 Å². The van der Waals surface area contributed by atoms with Gasteiger partial charge in [0.25, 0.3) is 0 Å². The van der Waals surface area contributed by atoms with Crippen molar-refractivity contribution in [1.29, 1.82) is 0 Å². The zero-order valence-corrected chi connectivity index (χ0v) is 19.0. The van der Waals surface area contributed by atoms with E-state index < -0.39 is 6.61 Å². The van der Waals surface area contributed by atoms with Gasteiger partial charge in [-0.05, 0) is 60.5 Å². The molecule has 0 aliphatic rings. The number of nitrogens with one attached hydrogen (secondary N) is 1. The molecule has 7 nitrogen and oxygen atoms in total. The van der Waals surface area contributed by atoms with E-state index in [1.54, 1.807) is 12.4 Å². The number of carbonyl (C=O) groups excluding carboxylic acids is 1. The van der Waals surface area contributed by atoms with Gasteiger partial charge in [0, 0.05) is 29.3 Å². The van der Waals surface area contributed by atoms with E-state index in [1.807, 2.05) is 41.0 Å². The monoisotopic (exact) mass is 481 g/mol. The third-order valence-electron chi connectivity index (χ3n) is 4.87. The molecule has 2 heterocycles. The van der Waals surface area contributed by atoms with E-state index in [-0.39, 0.29) is 17.4 Å². The van der Waals surface area contributed by atoms with Crippen molar-refractivity contribution < 1.29 is 18.3 Å². The number of benzene rings is 2. The number of halogens is 2. The van der Waals surface area contributed by atoms with E-state index in [9.17, 15) is 13.6 Å². The summed E-state index contributed by atoms with van der Waals surface area (Å²) in [5.41, 5.74) is 3.41. The Kier molecular flexibility index (Phi) is 7.48. The molecule has 2 aromatic carbocycles. The molecule has 174 valence electrons. The summed E-state index contributed by atoms with van der Waals surface area (Å²) in [5, 5.41) is 12.0. The zero-order chi connectivity index (χ0) is 23.9. The summed E-state index contributed by atoms with van der Waals surface area (Å²) in [4.78, 5) is 16.6. The van der Waals surface area contributed by atoms with E-state index >= 15 is 0 Å². The van der Waals surface area contributed by atoms with Crippen LogP contribution >= 0.6 is 11.8 Å². The standard InChI is InChI=1S/C24H21F2N5O2S/c1-2-16-3-7-19(8-4-16)31-22(17-11-13-27-14-12-17)29-30-24(31)34-15-21(32)28-18-5-9-20(10-6-18)33-23(25)26/h3-14,23H,2,15H2,1H3,(H,28,32). The van der Waals surface area contributed by atoms with Crippen molar-refractivity contribution in [1.82, 2.24) is 19.7 Å². The highest BCUT2D eigenvalue weighted by Gasteiger charge is 2.17. The fraction of sp³-hybridized carbons (Fsp3) is 0.167. The Labute approximate surface area is 199 Å². The molecule has 0 spiro atoms. The van der Waals surface area contributed by atoms with Gasteiger partial charge in [-0.3, -0.25) is 14.3 Å². The van der Waals surface area contributed by atoms with Crippen LogP contribution in [0.25, 0.3) is 17.1 Å². The topological polar surface area (TPSA) is 81.9 Å². The Morgan fingerprint density at radius 2 is 1.74 bits per heavy atom. The Bertz CT molecular complexity index is 1230. The van der Waals surface area contributed by atoms with E-state index in [1.165, 1.54) is 41.6 Å². The number of ether oxygens (including phenoxy) is 1. The first-order valence-corrected chi connectivity index (χ1v) is 11.4. The highest BCUT2D eigenvalue weighted by atomic mass is 32.2. The Morgan fingerprint density at radius 3 is 2.38 bits per heavy atom. The molecule has 0 fully saturated rings. The minimum Gasteiger partial charge on any atom is -0.435 e. The average Bonchev–Trinajstić information content (AvgIpc) is 3.28. The molecule has 0 saturated heterocycles. The van der Waals surface area contributed by atoms with Crippen molar-refractivity contribution in [3.05, 3.63) is 78.6 Å². The normalized spacial score (nSPS) is 10.9. The number of hydrogen-bond acceptors (Lipinski definition) is 6. The fourth-order valence-electron chi connectivity index (χ4n) is 3.21. The first-order valence-electron chi connectivity index (χ1n) is 10.5. The van der Waals surface area contributed by atoms with Gasteiger partial charge in [-0.2, -0.15) is 8.78 Å². The van der Waals surface area contributed by atoms with Gasteiger partial charge in [-0.25, -0.2) is 0 Å². The molecule has 34 heavy (non-hydrogen) atoms. The van der Waals surface area contributed by atoms with Crippen LogP contribution in [0.4, 0.5) is 14.5 Å². The largest absolute Gasteiger partial charge is 0.435 e. The van der Waals surface area contributed by atoms with Gasteiger partial charge in [0.1, 0.15) is 5.75 Å². The number of aryl methyl sites for hydroxylation is 1. The lowest BCUT2D eigenvalue weighted by molar-refractivity contribution is -0.113. The number of nitrogens with zero attached hydrogens (tertiary/aromatic N) is 4. The molecule has 0 atom stereocenters. The van der Waals surface area contributed by atoms with Gasteiger partial charge in [0.2, 0.25) is 5.91 Å². The Morgan fingerprint density at radius 1 is 1.03 bits per heavy atom. The number of thioether (sulfide) groups is 1. The quantitative estimate of drug-likeness (QED) is 0.330. The molecule has 1 amide bonds. The van der Waals surface area contributed by atoms with Crippen LogP contribution in [0.1, 0.15) is 12.5 Å². The highest BCUT2D eigenvalue weighted by Crippen LogP contribution is 2.28. The highest BCUT2D eigenvalue weighted by molar-refractivity contribution is 7.99. The number of pyridine rings is 1. The maximum Gasteiger partial charge on any atom is 0.387 e. The Hall–Kier alpha value is -3.79. The molecule has 0 saturated carbocycles. The van der Waals surface area contributed by atoms with Crippen LogP contribution in [0.3, 0.4) is 0 Å². The minimum atomic E-state index is -2.90. The molecule has 1 N–H and O–H groups in total. The molecule has 10 heteroatoms. The average molecular weight is 482 g/mol. The summed E-state index contributed by atoms with van der Waals surface area (Å²) < 4.78 is 30.8. The minimum absolute atomic E-state index is 0.0215. The Balaban J connectivity index is 1.51. The second-order valence-corrected chi connectivity index (χ2v) is 8.08. The predicted octanol–water partition coefficient (Wildman–Crippen LogP) is 5.22. The molecular formula is C24H21F2N5O2S. The molecule has 0 radical (unpaired) electrons. The van der Waals surface area contributed by atoms with Crippen molar-refractivity contribution in [3.63, 3.8) is 0 Å². The lowest BCUT2D eigenvalue weighted by Gasteiger charge is -2.11. The molecule has 4 rings (SSSR count). The van der Waals surface area contributed by atoms with Crippen LogP contribution in [-0.4, -0.2) is 38.0 Å². The molecular weight excluding hydrogens is 460 g/mol. The second-order valence-electron chi connectivity index (χ2n) is 7.14. The van der Waals surface area contributed by atoms with Crippen molar-refractivity contribution >= 4 is 23.4 Å². The van der Waals surface area contributed by atoms with Crippen molar-refractivity contribution in [3.8, 4) is 22.8 Å². The number of aromatic nitrogens is 4. The number of carbonyl (C=O) groups is 1. The SMILES string of the molecule is CCc1ccc(-n2c(SCC(=O)Nc3ccc(OC(F)F)cc3)nnc2-c2ccncc2)cc1. The summed E-state index contributed by atoms with van der Waals surface area (Å²) in [6.07, 6.45) is 4.30. The van der Waals surface area contributed by atoms with Crippen LogP contribution < -0.4 is 10.1 Å². The molecule has 2 aromatic heterocycles. The van der Waals surface area contributed by atoms with Crippen molar-refractivity contribution in [2.75, 3.05) is 11.1 Å². The van der Waals surface area contributed by atoms with Gasteiger partial charge in [0.05, 0.1) is 5.75 Å². The van der Waals surface area contributed by atoms with Gasteiger partial charge in [-0.1, -0.05) is 30.8 Å². The smallest absolute Gasteiger partial charge is 0.387 e. The molecule has 0 bridgehead atoms. The lowest BCUT2D eigenvalue weighted by Crippen LogP contribution is -2.14. The number of alkyl halides is 2. The first-order chi connectivity index (χ1) is 16.5. The van der Waals surface area contributed by atoms with E-state index in [0.717, 1.165) is 17.7 Å². The third-order valence-corrected chi connectivity index (χ3v) is 5.80. The zero-order valence-electron chi connectivity index (χ0n) is 18.2. The van der Waals surface area contributed by atoms with Gasteiger partial charge in [0.15, 0.2) is 11.0 Å². The van der Waals surface area contributed by atoms with Gasteiger partial charge < -0.3 is 10.1 Å². The third kappa shape index (κ3) is 5.76. The predicted molar refractivity (Wildman–Crippen MR) is 126 cm³/mol. The first kappa shape index (κ1) is 23.4. The molecule has 0 unspecified atom stereocenters. The fourth-order valence-corrected chi connectivity index (χ4v) is 3.96. The summed E-state index contributed by atoms with van der Waals surface area (Å²) in [6, 6.07) is 17.5. The van der Waals surface area contributed by atoms with E-state index in [2.05, 4.69) is 32.2 Å². The van der Waals surface area contributed by atoms with E-state index in [0.29, 0.717) is 16.7 Å². The molecule has 4 aromatic rings. The van der Waals surface area contributed by atoms with E-state index in [4.69, 9.17) is 0 Å². The summed E-state index contributed by atoms with van der Waals surface area (Å²) >= 11 is 1.24. The number of hydrogen-bond donors (Lipinski definition) is 1. The number of rotatable bonds is 9. The summed E-state index contributed by atoms with van der Waals surface area (Å²) in [5.74, 6) is 0.475. The summed E-state index contributed by atoms with van der Waals surface area (Å²) in [6.45, 7) is -0.806. The van der Waals surface area contributed by atoms with Crippen LogP contribution in [0.15, 0.2) is 78.2 Å². The van der Waals surface area contributed by atoms with Crippen LogP contribution in [0, 0.1) is 0 Å². The van der Waals surface area contributed by atoms with Crippen LogP contribution in [0.2, 0.25) is 0 Å². The van der Waals surface area contributed by atoms with Gasteiger partial charge >= 0.3 is 6.61 Å². The second kappa shape index (κ2) is 10.9. The summed E-state index contributed by atoms with van der Waals surface area (Å²) in [7, 11) is 0. The maximum absolute atomic E-state index is 12.5. The number of amides is 1. The molecule has 0 aliphatic carbocycles. The number of anilines is 1.